The second-order valence-electron chi connectivity index (χ2n) is 5.00. The normalized spacial score (nSPS) is 12.4. The van der Waals surface area contributed by atoms with E-state index in [0.717, 1.165) is 4.31 Å². The fourth-order valence-corrected chi connectivity index (χ4v) is 3.84. The van der Waals surface area contributed by atoms with E-state index < -0.39 is 15.6 Å². The monoisotopic (exact) mass is 316 g/mol. The summed E-state index contributed by atoms with van der Waals surface area (Å²) in [6.45, 7) is 4.92. The lowest BCUT2D eigenvalue weighted by molar-refractivity contribution is 0.0601. The van der Waals surface area contributed by atoms with Crippen LogP contribution in [0.25, 0.3) is 0 Å². The smallest absolute Gasteiger partial charge is 0.244 e. The molecule has 1 aromatic carbocycles. The third-order valence-electron chi connectivity index (χ3n) is 2.59. The van der Waals surface area contributed by atoms with Crippen molar-refractivity contribution in [2.24, 2.45) is 0 Å². The van der Waals surface area contributed by atoms with E-state index in [9.17, 15) is 13.5 Å². The molecule has 0 atom stereocenters. The van der Waals surface area contributed by atoms with Crippen LogP contribution in [0.3, 0.4) is 0 Å². The summed E-state index contributed by atoms with van der Waals surface area (Å²) in [5, 5.41) is 18.6. The van der Waals surface area contributed by atoms with Gasteiger partial charge >= 0.3 is 0 Å². The van der Waals surface area contributed by atoms with E-state index in [2.05, 4.69) is 0 Å². The summed E-state index contributed by atoms with van der Waals surface area (Å²) in [4.78, 5) is -0.0655. The average molecular weight is 317 g/mol. The van der Waals surface area contributed by atoms with E-state index >= 15 is 0 Å². The number of sulfonamides is 1. The maximum absolute atomic E-state index is 12.5. The molecule has 0 amide bonds. The van der Waals surface area contributed by atoms with E-state index in [4.69, 9.17) is 16.9 Å². The number of aliphatic hydroxyl groups is 1. The highest BCUT2D eigenvalue weighted by atomic mass is 35.5. The van der Waals surface area contributed by atoms with Crippen molar-refractivity contribution in [3.8, 4) is 6.07 Å². The second kappa shape index (κ2) is 6.10. The van der Waals surface area contributed by atoms with Gasteiger partial charge in [0.1, 0.15) is 4.90 Å². The van der Waals surface area contributed by atoms with Crippen molar-refractivity contribution in [2.45, 2.75) is 31.3 Å². The van der Waals surface area contributed by atoms with E-state index in [1.165, 1.54) is 32.0 Å². The Bertz CT molecular complexity index is 630. The summed E-state index contributed by atoms with van der Waals surface area (Å²) < 4.78 is 26.2. The van der Waals surface area contributed by atoms with Crippen molar-refractivity contribution >= 4 is 21.6 Å². The molecule has 0 aromatic heterocycles. The van der Waals surface area contributed by atoms with Gasteiger partial charge in [-0.25, -0.2) is 8.42 Å². The lowest BCUT2D eigenvalue weighted by atomic mass is 10.1. The average Bonchev–Trinajstić information content (AvgIpc) is 2.34. The van der Waals surface area contributed by atoms with Crippen LogP contribution in [-0.4, -0.2) is 36.5 Å². The van der Waals surface area contributed by atoms with Crippen molar-refractivity contribution in [3.05, 3.63) is 28.8 Å². The Hall–Kier alpha value is -1.13. The van der Waals surface area contributed by atoms with Gasteiger partial charge in [-0.15, -0.1) is 0 Å². The Balaban J connectivity index is 3.25. The number of likely N-dealkylation sites (N-methyl/N-ethyl adjacent to an activating group) is 1. The van der Waals surface area contributed by atoms with Gasteiger partial charge in [-0.2, -0.15) is 9.57 Å². The standard InChI is InChI=1S/C13H17ClN2O3S/c1-4-16(9-13(2,3)17)20(18,19)12-6-5-10(8-15)7-11(12)14/h5-7,17H,4,9H2,1-3H3. The van der Waals surface area contributed by atoms with Crippen molar-refractivity contribution in [1.29, 1.82) is 5.26 Å². The summed E-state index contributed by atoms with van der Waals surface area (Å²) in [5.74, 6) is 0. The van der Waals surface area contributed by atoms with Gasteiger partial charge in [-0.05, 0) is 32.0 Å². The van der Waals surface area contributed by atoms with Gasteiger partial charge < -0.3 is 5.11 Å². The van der Waals surface area contributed by atoms with Crippen LogP contribution < -0.4 is 0 Å². The van der Waals surface area contributed by atoms with Crippen LogP contribution in [0, 0.1) is 11.3 Å². The minimum Gasteiger partial charge on any atom is -0.389 e. The maximum atomic E-state index is 12.5. The van der Waals surface area contributed by atoms with Crippen LogP contribution >= 0.6 is 11.6 Å². The fourth-order valence-electron chi connectivity index (χ4n) is 1.72. The molecule has 20 heavy (non-hydrogen) atoms. The van der Waals surface area contributed by atoms with Crippen molar-refractivity contribution < 1.29 is 13.5 Å². The van der Waals surface area contributed by atoms with Crippen LogP contribution in [0.4, 0.5) is 0 Å². The van der Waals surface area contributed by atoms with Crippen molar-refractivity contribution in [2.75, 3.05) is 13.1 Å². The molecule has 5 nitrogen and oxygen atoms in total. The van der Waals surface area contributed by atoms with Gasteiger partial charge in [-0.1, -0.05) is 18.5 Å². The number of hydrogen-bond acceptors (Lipinski definition) is 4. The first-order valence-electron chi connectivity index (χ1n) is 6.04. The minimum atomic E-state index is -3.81. The topological polar surface area (TPSA) is 81.4 Å². The summed E-state index contributed by atoms with van der Waals surface area (Å²) in [7, 11) is -3.81. The SMILES string of the molecule is CCN(CC(C)(C)O)S(=O)(=O)c1ccc(C#N)cc1Cl. The Morgan fingerprint density at radius 2 is 2.05 bits per heavy atom. The zero-order valence-electron chi connectivity index (χ0n) is 11.6. The highest BCUT2D eigenvalue weighted by molar-refractivity contribution is 7.89. The molecule has 0 aliphatic rings. The molecule has 0 aliphatic heterocycles. The molecular formula is C13H17ClN2O3S. The number of rotatable bonds is 5. The summed E-state index contributed by atoms with van der Waals surface area (Å²) in [6.07, 6.45) is 0. The molecule has 1 N–H and O–H groups in total. The summed E-state index contributed by atoms with van der Waals surface area (Å²) in [5.41, 5.74) is -0.859. The number of nitriles is 1. The van der Waals surface area contributed by atoms with Gasteiger partial charge in [0.2, 0.25) is 10.0 Å². The van der Waals surface area contributed by atoms with Crippen molar-refractivity contribution in [1.82, 2.24) is 4.31 Å². The zero-order chi connectivity index (χ0) is 15.6. The van der Waals surface area contributed by atoms with E-state index in [1.54, 1.807) is 6.92 Å². The molecule has 0 aliphatic carbocycles. The number of hydrogen-bond donors (Lipinski definition) is 1. The number of nitrogens with zero attached hydrogens (tertiary/aromatic N) is 2. The van der Waals surface area contributed by atoms with E-state index in [0.29, 0.717) is 5.56 Å². The van der Waals surface area contributed by atoms with Gasteiger partial charge in [0.25, 0.3) is 0 Å². The van der Waals surface area contributed by atoms with Gasteiger partial charge in [0, 0.05) is 13.1 Å². The number of halogens is 1. The van der Waals surface area contributed by atoms with Crippen LogP contribution in [0.1, 0.15) is 26.3 Å². The van der Waals surface area contributed by atoms with Crippen molar-refractivity contribution in [3.63, 3.8) is 0 Å². The molecule has 0 heterocycles. The summed E-state index contributed by atoms with van der Waals surface area (Å²) in [6, 6.07) is 5.92. The van der Waals surface area contributed by atoms with Crippen LogP contribution in [0.2, 0.25) is 5.02 Å². The Morgan fingerprint density at radius 3 is 2.45 bits per heavy atom. The molecule has 0 saturated heterocycles. The Morgan fingerprint density at radius 1 is 1.45 bits per heavy atom. The molecule has 0 unspecified atom stereocenters. The molecule has 0 radical (unpaired) electrons. The number of benzene rings is 1. The highest BCUT2D eigenvalue weighted by Crippen LogP contribution is 2.26. The molecule has 0 saturated carbocycles. The molecule has 110 valence electrons. The van der Waals surface area contributed by atoms with Gasteiger partial charge in [0.05, 0.1) is 22.3 Å². The lowest BCUT2D eigenvalue weighted by Gasteiger charge is -2.27. The second-order valence-corrected chi connectivity index (χ2v) is 7.31. The van der Waals surface area contributed by atoms with Gasteiger partial charge in [0.15, 0.2) is 0 Å². The Labute approximate surface area is 124 Å². The molecule has 0 fully saturated rings. The molecule has 0 spiro atoms. The molecular weight excluding hydrogens is 300 g/mol. The predicted molar refractivity (Wildman–Crippen MR) is 76.9 cm³/mol. The third kappa shape index (κ3) is 3.93. The first-order valence-corrected chi connectivity index (χ1v) is 7.86. The maximum Gasteiger partial charge on any atom is 0.244 e. The fraction of sp³-hybridized carbons (Fsp3) is 0.462. The zero-order valence-corrected chi connectivity index (χ0v) is 13.2. The van der Waals surface area contributed by atoms with Crippen LogP contribution in [0.5, 0.6) is 0 Å². The predicted octanol–water partition coefficient (Wildman–Crippen LogP) is 1.99. The molecule has 0 bridgehead atoms. The quantitative estimate of drug-likeness (QED) is 0.900. The van der Waals surface area contributed by atoms with Gasteiger partial charge in [-0.3, -0.25) is 0 Å². The lowest BCUT2D eigenvalue weighted by Crippen LogP contribution is -2.42. The first-order chi connectivity index (χ1) is 9.11. The molecule has 7 heteroatoms. The first kappa shape index (κ1) is 16.9. The summed E-state index contributed by atoms with van der Waals surface area (Å²) >= 11 is 5.95. The van der Waals surface area contributed by atoms with E-state index in [1.807, 2.05) is 6.07 Å². The third-order valence-corrected chi connectivity index (χ3v) is 5.00. The Kier molecular flexibility index (Phi) is 5.16. The van der Waals surface area contributed by atoms with Crippen LogP contribution in [0.15, 0.2) is 23.1 Å². The van der Waals surface area contributed by atoms with Crippen LogP contribution in [-0.2, 0) is 10.0 Å². The largest absolute Gasteiger partial charge is 0.389 e. The van der Waals surface area contributed by atoms with E-state index in [-0.39, 0.29) is 23.0 Å². The molecule has 1 rings (SSSR count). The molecule has 1 aromatic rings. The minimum absolute atomic E-state index is 0.00162. The highest BCUT2D eigenvalue weighted by Gasteiger charge is 2.29.